The van der Waals surface area contributed by atoms with Gasteiger partial charge in [-0.1, -0.05) is 23.7 Å². The number of halogens is 1. The Morgan fingerprint density at radius 3 is 2.56 bits per heavy atom. The summed E-state index contributed by atoms with van der Waals surface area (Å²) in [4.78, 5) is 17.9. The minimum Gasteiger partial charge on any atom is -0.488 e. The number of amides is 1. The minimum atomic E-state index is -0.256. The molecule has 1 spiro atoms. The molecule has 3 N–H and O–H groups in total. The average molecular weight is 486 g/mol. The molecule has 1 aromatic carbocycles. The second-order valence-electron chi connectivity index (χ2n) is 9.97. The number of carbonyl (C=O) groups excluding carboxylic acids is 1. The standard InChI is InChI=1S/C26H32ClN3O4/c1-33-25-21(24(32)29-15-16-2-4-18(27)5-3-16)10-22(34-20-6-8-28-9-7-20)23(30-25)17-11-26(12-17)13-19(31)14-26/h2-5,10,17,19-20,28,31H,6-9,11-15H2,1H3,(H,29,32). The number of aromatic nitrogens is 1. The maximum absolute atomic E-state index is 13.1. The minimum absolute atomic E-state index is 0.0970. The van der Waals surface area contributed by atoms with Gasteiger partial charge in [0.15, 0.2) is 0 Å². The van der Waals surface area contributed by atoms with Gasteiger partial charge in [0.1, 0.15) is 17.4 Å². The first-order valence-electron chi connectivity index (χ1n) is 12.1. The lowest BCUT2D eigenvalue weighted by Crippen LogP contribution is -2.49. The number of hydrogen-bond acceptors (Lipinski definition) is 6. The molecule has 2 heterocycles. The van der Waals surface area contributed by atoms with E-state index in [1.165, 1.54) is 0 Å². The lowest BCUT2D eigenvalue weighted by atomic mass is 9.50. The molecule has 2 aromatic rings. The Balaban J connectivity index is 1.37. The number of nitrogens with zero attached hydrogens (tertiary/aromatic N) is 1. The van der Waals surface area contributed by atoms with Gasteiger partial charge in [-0.2, -0.15) is 0 Å². The van der Waals surface area contributed by atoms with Gasteiger partial charge in [0.05, 0.1) is 18.9 Å². The third-order valence-corrected chi connectivity index (χ3v) is 7.70. The number of rotatable bonds is 7. The van der Waals surface area contributed by atoms with E-state index in [1.54, 1.807) is 25.3 Å². The van der Waals surface area contributed by atoms with Crippen molar-refractivity contribution >= 4 is 17.5 Å². The maximum Gasteiger partial charge on any atom is 0.257 e. The van der Waals surface area contributed by atoms with Crippen LogP contribution in [0.4, 0.5) is 0 Å². The predicted molar refractivity (Wildman–Crippen MR) is 130 cm³/mol. The number of pyridine rings is 1. The van der Waals surface area contributed by atoms with Crippen molar-refractivity contribution in [3.63, 3.8) is 0 Å². The van der Waals surface area contributed by atoms with Crippen LogP contribution in [0.25, 0.3) is 0 Å². The SMILES string of the molecule is COc1nc(C2CC3(CC(O)C3)C2)c(OC2CCNCC2)cc1C(=O)NCc1ccc(Cl)cc1. The summed E-state index contributed by atoms with van der Waals surface area (Å²) in [5.41, 5.74) is 2.45. The maximum atomic E-state index is 13.1. The van der Waals surface area contributed by atoms with Crippen molar-refractivity contribution in [3.05, 3.63) is 52.2 Å². The Morgan fingerprint density at radius 2 is 1.91 bits per heavy atom. The molecule has 182 valence electrons. The van der Waals surface area contributed by atoms with Crippen molar-refractivity contribution in [3.8, 4) is 11.6 Å². The van der Waals surface area contributed by atoms with E-state index in [4.69, 9.17) is 26.1 Å². The third-order valence-electron chi connectivity index (χ3n) is 7.45. The molecule has 0 atom stereocenters. The summed E-state index contributed by atoms with van der Waals surface area (Å²) in [6.45, 7) is 2.21. The van der Waals surface area contributed by atoms with Crippen LogP contribution in [-0.4, -0.2) is 48.4 Å². The number of ether oxygens (including phenoxy) is 2. The average Bonchev–Trinajstić information content (AvgIpc) is 2.80. The van der Waals surface area contributed by atoms with Crippen LogP contribution in [0.2, 0.25) is 5.02 Å². The molecule has 1 amide bonds. The van der Waals surface area contributed by atoms with Gasteiger partial charge in [-0.25, -0.2) is 4.98 Å². The van der Waals surface area contributed by atoms with Gasteiger partial charge in [0.2, 0.25) is 5.88 Å². The molecule has 0 unspecified atom stereocenters. The molecule has 5 rings (SSSR count). The number of aliphatic hydroxyl groups excluding tert-OH is 1. The van der Waals surface area contributed by atoms with Gasteiger partial charge in [-0.3, -0.25) is 4.79 Å². The Labute approximate surface area is 205 Å². The molecule has 34 heavy (non-hydrogen) atoms. The van der Waals surface area contributed by atoms with E-state index in [0.717, 1.165) is 62.9 Å². The molecule has 7 nitrogen and oxygen atoms in total. The second kappa shape index (κ2) is 9.72. The van der Waals surface area contributed by atoms with Crippen LogP contribution in [0.3, 0.4) is 0 Å². The van der Waals surface area contributed by atoms with Gasteiger partial charge in [-0.05, 0) is 74.7 Å². The smallest absolute Gasteiger partial charge is 0.257 e. The first-order valence-corrected chi connectivity index (χ1v) is 12.5. The largest absolute Gasteiger partial charge is 0.488 e. The quantitative estimate of drug-likeness (QED) is 0.552. The molecule has 8 heteroatoms. The summed E-state index contributed by atoms with van der Waals surface area (Å²) in [5.74, 6) is 0.998. The second-order valence-corrected chi connectivity index (χ2v) is 10.4. The van der Waals surface area contributed by atoms with E-state index >= 15 is 0 Å². The third kappa shape index (κ3) is 4.88. The molecule has 0 radical (unpaired) electrons. The summed E-state index contributed by atoms with van der Waals surface area (Å²) in [6.07, 6.45) is 5.50. The summed E-state index contributed by atoms with van der Waals surface area (Å²) >= 11 is 5.96. The summed E-state index contributed by atoms with van der Waals surface area (Å²) in [7, 11) is 1.54. The Kier molecular flexibility index (Phi) is 6.69. The van der Waals surface area contributed by atoms with Gasteiger partial charge >= 0.3 is 0 Å². The molecule has 2 saturated carbocycles. The molecule has 1 aromatic heterocycles. The van der Waals surface area contributed by atoms with E-state index in [0.29, 0.717) is 28.8 Å². The van der Waals surface area contributed by atoms with Crippen molar-refractivity contribution in [2.45, 2.75) is 63.2 Å². The number of aliphatic hydroxyl groups is 1. The van der Waals surface area contributed by atoms with E-state index < -0.39 is 0 Å². The lowest BCUT2D eigenvalue weighted by molar-refractivity contribution is -0.0935. The topological polar surface area (TPSA) is 92.7 Å². The van der Waals surface area contributed by atoms with Crippen molar-refractivity contribution in [2.75, 3.05) is 20.2 Å². The summed E-state index contributed by atoms with van der Waals surface area (Å²) in [6, 6.07) is 9.18. The van der Waals surface area contributed by atoms with E-state index in [1.807, 2.05) is 12.1 Å². The van der Waals surface area contributed by atoms with Gasteiger partial charge in [-0.15, -0.1) is 0 Å². The summed E-state index contributed by atoms with van der Waals surface area (Å²) < 4.78 is 12.0. The van der Waals surface area contributed by atoms with Crippen LogP contribution < -0.4 is 20.1 Å². The fraction of sp³-hybridized carbons (Fsp3) is 0.538. The van der Waals surface area contributed by atoms with Crippen molar-refractivity contribution in [1.29, 1.82) is 0 Å². The van der Waals surface area contributed by atoms with Crippen molar-refractivity contribution in [1.82, 2.24) is 15.6 Å². The lowest BCUT2D eigenvalue weighted by Gasteiger charge is -2.56. The van der Waals surface area contributed by atoms with Crippen LogP contribution in [0.1, 0.15) is 66.1 Å². The van der Waals surface area contributed by atoms with Crippen molar-refractivity contribution < 1.29 is 19.4 Å². The van der Waals surface area contributed by atoms with E-state index in [2.05, 4.69) is 10.6 Å². The number of methoxy groups -OCH3 is 1. The predicted octanol–water partition coefficient (Wildman–Crippen LogP) is 3.82. The van der Waals surface area contributed by atoms with Crippen LogP contribution in [0.15, 0.2) is 30.3 Å². The van der Waals surface area contributed by atoms with Crippen LogP contribution in [0, 0.1) is 5.41 Å². The molecular formula is C26H32ClN3O4. The fourth-order valence-electron chi connectivity index (χ4n) is 5.62. The highest BCUT2D eigenvalue weighted by Crippen LogP contribution is 2.62. The van der Waals surface area contributed by atoms with E-state index in [9.17, 15) is 9.90 Å². The first-order chi connectivity index (χ1) is 16.4. The molecule has 3 aliphatic rings. The zero-order valence-electron chi connectivity index (χ0n) is 19.5. The first kappa shape index (κ1) is 23.4. The monoisotopic (exact) mass is 485 g/mol. The fourth-order valence-corrected chi connectivity index (χ4v) is 5.75. The Hall–Kier alpha value is -2.35. The number of carbonyl (C=O) groups is 1. The van der Waals surface area contributed by atoms with Gasteiger partial charge in [0.25, 0.3) is 5.91 Å². The van der Waals surface area contributed by atoms with Crippen LogP contribution >= 0.6 is 11.6 Å². The Morgan fingerprint density at radius 1 is 1.21 bits per heavy atom. The highest BCUT2D eigenvalue weighted by Gasteiger charge is 2.53. The number of benzene rings is 1. The molecule has 1 saturated heterocycles. The Bertz CT molecular complexity index is 1030. The highest BCUT2D eigenvalue weighted by atomic mass is 35.5. The van der Waals surface area contributed by atoms with Crippen LogP contribution in [0.5, 0.6) is 11.6 Å². The highest BCUT2D eigenvalue weighted by molar-refractivity contribution is 6.30. The van der Waals surface area contributed by atoms with Crippen LogP contribution in [-0.2, 0) is 6.54 Å². The molecule has 2 aliphatic carbocycles. The van der Waals surface area contributed by atoms with Gasteiger partial charge in [0, 0.05) is 23.6 Å². The number of hydrogen-bond donors (Lipinski definition) is 3. The molecule has 1 aliphatic heterocycles. The molecular weight excluding hydrogens is 454 g/mol. The molecule has 0 bridgehead atoms. The molecule has 3 fully saturated rings. The number of piperidine rings is 1. The zero-order valence-corrected chi connectivity index (χ0v) is 20.2. The van der Waals surface area contributed by atoms with Gasteiger partial charge < -0.3 is 25.2 Å². The van der Waals surface area contributed by atoms with E-state index in [-0.39, 0.29) is 29.4 Å². The van der Waals surface area contributed by atoms with Crippen molar-refractivity contribution in [2.24, 2.45) is 5.41 Å². The summed E-state index contributed by atoms with van der Waals surface area (Å²) in [5, 5.41) is 16.8. The number of nitrogens with one attached hydrogen (secondary N) is 2. The zero-order chi connectivity index (χ0) is 23.7. The normalized spacial score (nSPS) is 26.4.